The molecule has 1 atom stereocenters. The van der Waals surface area contributed by atoms with E-state index in [1.807, 2.05) is 26.4 Å². The topological polar surface area (TPSA) is 31.8 Å². The van der Waals surface area contributed by atoms with Gasteiger partial charge in [0.15, 0.2) is 5.13 Å². The zero-order chi connectivity index (χ0) is 19.9. The van der Waals surface area contributed by atoms with Gasteiger partial charge in [-0.15, -0.1) is 11.3 Å². The van der Waals surface area contributed by atoms with E-state index in [0.29, 0.717) is 0 Å². The SMILES string of the molecule is COc1ccccc1CCN1CCCC(CN(C)Cc2cnc(N(C)C)s2)C1. The smallest absolute Gasteiger partial charge is 0.185 e. The lowest BCUT2D eigenvalue weighted by Gasteiger charge is -2.34. The Morgan fingerprint density at radius 1 is 1.25 bits per heavy atom. The normalized spacial score (nSPS) is 17.8. The predicted molar refractivity (Wildman–Crippen MR) is 119 cm³/mol. The zero-order valence-electron chi connectivity index (χ0n) is 17.7. The molecule has 3 rings (SSSR count). The summed E-state index contributed by atoms with van der Waals surface area (Å²) < 4.78 is 5.50. The van der Waals surface area contributed by atoms with Crippen LogP contribution >= 0.6 is 11.3 Å². The van der Waals surface area contributed by atoms with Gasteiger partial charge in [-0.2, -0.15) is 0 Å². The molecule has 1 fully saturated rings. The van der Waals surface area contributed by atoms with Crippen molar-refractivity contribution in [2.45, 2.75) is 25.8 Å². The van der Waals surface area contributed by atoms with Gasteiger partial charge < -0.3 is 19.4 Å². The van der Waals surface area contributed by atoms with Gasteiger partial charge in [0.2, 0.25) is 0 Å². The average molecular weight is 403 g/mol. The highest BCUT2D eigenvalue weighted by Gasteiger charge is 2.21. The molecule has 0 spiro atoms. The van der Waals surface area contributed by atoms with Crippen molar-refractivity contribution >= 4 is 16.5 Å². The van der Waals surface area contributed by atoms with Crippen molar-refractivity contribution in [1.29, 1.82) is 0 Å². The fourth-order valence-corrected chi connectivity index (χ4v) is 4.95. The summed E-state index contributed by atoms with van der Waals surface area (Å²) >= 11 is 1.79. The number of piperidine rings is 1. The Kier molecular flexibility index (Phi) is 7.71. The van der Waals surface area contributed by atoms with Gasteiger partial charge in [0.25, 0.3) is 0 Å². The van der Waals surface area contributed by atoms with Gasteiger partial charge in [-0.1, -0.05) is 18.2 Å². The molecule has 0 N–H and O–H groups in total. The van der Waals surface area contributed by atoms with Crippen LogP contribution in [0.25, 0.3) is 0 Å². The number of methoxy groups -OCH3 is 1. The summed E-state index contributed by atoms with van der Waals surface area (Å²) in [6.45, 7) is 5.67. The summed E-state index contributed by atoms with van der Waals surface area (Å²) in [5, 5.41) is 1.09. The van der Waals surface area contributed by atoms with Crippen LogP contribution in [-0.2, 0) is 13.0 Å². The van der Waals surface area contributed by atoms with Crippen LogP contribution in [0.1, 0.15) is 23.3 Å². The first-order valence-corrected chi connectivity index (χ1v) is 11.0. The van der Waals surface area contributed by atoms with Gasteiger partial charge in [-0.05, 0) is 50.4 Å². The van der Waals surface area contributed by atoms with Gasteiger partial charge in [0.1, 0.15) is 5.75 Å². The summed E-state index contributed by atoms with van der Waals surface area (Å²) in [7, 11) is 8.10. The van der Waals surface area contributed by atoms with Gasteiger partial charge >= 0.3 is 0 Å². The Balaban J connectivity index is 1.46. The van der Waals surface area contributed by atoms with Crippen LogP contribution in [0.2, 0.25) is 0 Å². The molecule has 0 radical (unpaired) electrons. The monoisotopic (exact) mass is 402 g/mol. The number of benzene rings is 1. The second-order valence-corrected chi connectivity index (χ2v) is 9.16. The first-order chi connectivity index (χ1) is 13.5. The Morgan fingerprint density at radius 2 is 2.07 bits per heavy atom. The van der Waals surface area contributed by atoms with Gasteiger partial charge in [-0.25, -0.2) is 4.98 Å². The molecule has 0 aliphatic carbocycles. The second-order valence-electron chi connectivity index (χ2n) is 8.07. The van der Waals surface area contributed by atoms with E-state index in [4.69, 9.17) is 4.74 Å². The van der Waals surface area contributed by atoms with Crippen molar-refractivity contribution in [3.8, 4) is 5.75 Å². The van der Waals surface area contributed by atoms with Crippen molar-refractivity contribution in [2.24, 2.45) is 5.92 Å². The molecule has 154 valence electrons. The largest absolute Gasteiger partial charge is 0.496 e. The molecule has 0 saturated carbocycles. The third-order valence-corrected chi connectivity index (χ3v) is 6.56. The van der Waals surface area contributed by atoms with Crippen LogP contribution in [-0.4, -0.2) is 69.2 Å². The Labute approximate surface area is 173 Å². The Hall–Kier alpha value is -1.63. The number of likely N-dealkylation sites (tertiary alicyclic amines) is 1. The number of hydrogen-bond donors (Lipinski definition) is 0. The second kappa shape index (κ2) is 10.2. The lowest BCUT2D eigenvalue weighted by molar-refractivity contribution is 0.142. The van der Waals surface area contributed by atoms with Crippen molar-refractivity contribution in [2.75, 3.05) is 59.3 Å². The Bertz CT molecular complexity index is 733. The number of thiazole rings is 1. The molecule has 1 aromatic carbocycles. The number of aromatic nitrogens is 1. The highest BCUT2D eigenvalue weighted by atomic mass is 32.1. The first-order valence-electron chi connectivity index (χ1n) is 10.2. The van der Waals surface area contributed by atoms with E-state index in [1.165, 1.54) is 36.4 Å². The highest BCUT2D eigenvalue weighted by Crippen LogP contribution is 2.24. The number of rotatable bonds is 9. The van der Waals surface area contributed by atoms with E-state index in [-0.39, 0.29) is 0 Å². The molecular weight excluding hydrogens is 368 g/mol. The van der Waals surface area contributed by atoms with Crippen LogP contribution in [0.4, 0.5) is 5.13 Å². The fourth-order valence-electron chi connectivity index (χ4n) is 4.04. The minimum atomic E-state index is 0.748. The molecule has 1 saturated heterocycles. The lowest BCUT2D eigenvalue weighted by atomic mass is 9.97. The molecule has 1 aromatic heterocycles. The maximum Gasteiger partial charge on any atom is 0.185 e. The standard InChI is InChI=1S/C22H34N4OS/c1-24(2)22-23-14-20(28-22)17-25(3)15-18-8-7-12-26(16-18)13-11-19-9-5-6-10-21(19)27-4/h5-6,9-10,14,18H,7-8,11-13,15-17H2,1-4H3. The van der Waals surface area contributed by atoms with Crippen molar-refractivity contribution in [3.05, 3.63) is 40.9 Å². The van der Waals surface area contributed by atoms with Gasteiger partial charge in [0.05, 0.1) is 7.11 Å². The van der Waals surface area contributed by atoms with Gasteiger partial charge in [-0.3, -0.25) is 0 Å². The number of anilines is 1. The van der Waals surface area contributed by atoms with Crippen LogP contribution in [0.15, 0.2) is 30.5 Å². The Morgan fingerprint density at radius 3 is 2.82 bits per heavy atom. The first kappa shape index (κ1) is 21.1. The highest BCUT2D eigenvalue weighted by molar-refractivity contribution is 7.15. The van der Waals surface area contributed by atoms with Crippen LogP contribution < -0.4 is 9.64 Å². The molecule has 2 heterocycles. The molecule has 1 aliphatic heterocycles. The number of para-hydroxylation sites is 1. The van der Waals surface area contributed by atoms with Crippen LogP contribution in [0, 0.1) is 5.92 Å². The molecule has 0 bridgehead atoms. The molecule has 28 heavy (non-hydrogen) atoms. The molecule has 1 aliphatic rings. The van der Waals surface area contributed by atoms with E-state index >= 15 is 0 Å². The van der Waals surface area contributed by atoms with Crippen LogP contribution in [0.3, 0.4) is 0 Å². The molecule has 6 heteroatoms. The fraction of sp³-hybridized carbons (Fsp3) is 0.591. The van der Waals surface area contributed by atoms with E-state index in [1.54, 1.807) is 18.4 Å². The third kappa shape index (κ3) is 5.93. The summed E-state index contributed by atoms with van der Waals surface area (Å²) in [5.41, 5.74) is 1.31. The molecule has 1 unspecified atom stereocenters. The van der Waals surface area contributed by atoms with Crippen molar-refractivity contribution < 1.29 is 4.74 Å². The minimum absolute atomic E-state index is 0.748. The maximum absolute atomic E-state index is 5.50. The van der Waals surface area contributed by atoms with E-state index in [0.717, 1.165) is 42.9 Å². The zero-order valence-corrected chi connectivity index (χ0v) is 18.5. The molecule has 0 amide bonds. The summed E-state index contributed by atoms with van der Waals surface area (Å²) in [5.74, 6) is 1.76. The minimum Gasteiger partial charge on any atom is -0.496 e. The third-order valence-electron chi connectivity index (χ3n) is 5.41. The van der Waals surface area contributed by atoms with E-state index < -0.39 is 0 Å². The molecule has 5 nitrogen and oxygen atoms in total. The van der Waals surface area contributed by atoms with E-state index in [2.05, 4.69) is 44.9 Å². The summed E-state index contributed by atoms with van der Waals surface area (Å²) in [6.07, 6.45) is 5.72. The van der Waals surface area contributed by atoms with E-state index in [9.17, 15) is 0 Å². The number of hydrogen-bond acceptors (Lipinski definition) is 6. The lowest BCUT2D eigenvalue weighted by Crippen LogP contribution is -2.40. The average Bonchev–Trinajstić information content (AvgIpc) is 3.15. The number of ether oxygens (including phenoxy) is 1. The summed E-state index contributed by atoms with van der Waals surface area (Å²) in [4.78, 5) is 13.0. The van der Waals surface area contributed by atoms with Crippen molar-refractivity contribution in [3.63, 3.8) is 0 Å². The summed E-state index contributed by atoms with van der Waals surface area (Å²) in [6, 6.07) is 8.39. The molecular formula is C22H34N4OS. The maximum atomic E-state index is 5.50. The quantitative estimate of drug-likeness (QED) is 0.640. The van der Waals surface area contributed by atoms with Crippen molar-refractivity contribution in [1.82, 2.24) is 14.8 Å². The van der Waals surface area contributed by atoms with Crippen LogP contribution in [0.5, 0.6) is 5.75 Å². The predicted octanol–water partition coefficient (Wildman–Crippen LogP) is 3.60. The molecule has 2 aromatic rings. The number of nitrogens with zero attached hydrogens (tertiary/aromatic N) is 4. The van der Waals surface area contributed by atoms with Gasteiger partial charge in [0, 0.05) is 51.3 Å².